The summed E-state index contributed by atoms with van der Waals surface area (Å²) in [7, 11) is 0. The summed E-state index contributed by atoms with van der Waals surface area (Å²) in [5.41, 5.74) is 1.51. The molecule has 1 unspecified atom stereocenters. The molecule has 130 valence electrons. The van der Waals surface area contributed by atoms with Crippen LogP contribution in [0.4, 0.5) is 0 Å². The molecule has 0 radical (unpaired) electrons. The number of carbonyl (C=O) groups is 2. The van der Waals surface area contributed by atoms with Gasteiger partial charge in [-0.15, -0.1) is 0 Å². The minimum Gasteiger partial charge on any atom is -0.343 e. The summed E-state index contributed by atoms with van der Waals surface area (Å²) in [6.45, 7) is 0.670. The van der Waals surface area contributed by atoms with Crippen molar-refractivity contribution in [1.82, 2.24) is 10.2 Å². The highest BCUT2D eigenvalue weighted by atomic mass is 35.5. The van der Waals surface area contributed by atoms with Crippen molar-refractivity contribution in [2.75, 3.05) is 13.1 Å². The summed E-state index contributed by atoms with van der Waals surface area (Å²) in [6.07, 6.45) is 1.91. The summed E-state index contributed by atoms with van der Waals surface area (Å²) in [4.78, 5) is 26.6. The number of nitrogens with one attached hydrogen (secondary N) is 1. The van der Waals surface area contributed by atoms with Crippen LogP contribution in [-0.4, -0.2) is 29.8 Å². The standard InChI is InChI=1S/C19H18Cl2N2O2/c20-15-9-8-14(11-16(15)21)19(25)22-12-18(24)23-10-4-7-17(23)13-5-2-1-3-6-13/h1-3,5-6,8-9,11,17H,4,7,10,12H2,(H,22,25). The van der Waals surface area contributed by atoms with Crippen molar-refractivity contribution in [3.05, 3.63) is 69.7 Å². The Labute approximate surface area is 156 Å². The largest absolute Gasteiger partial charge is 0.343 e. The number of halogens is 2. The molecule has 4 nitrogen and oxygen atoms in total. The molecule has 1 aliphatic heterocycles. The summed E-state index contributed by atoms with van der Waals surface area (Å²) >= 11 is 11.8. The molecular weight excluding hydrogens is 359 g/mol. The first-order chi connectivity index (χ1) is 12.1. The monoisotopic (exact) mass is 376 g/mol. The van der Waals surface area contributed by atoms with E-state index in [0.717, 1.165) is 18.4 Å². The SMILES string of the molecule is O=C(NCC(=O)N1CCCC1c1ccccc1)c1ccc(Cl)c(Cl)c1. The van der Waals surface area contributed by atoms with Crippen LogP contribution in [0.25, 0.3) is 0 Å². The van der Waals surface area contributed by atoms with Gasteiger partial charge in [-0.25, -0.2) is 0 Å². The number of hydrogen-bond acceptors (Lipinski definition) is 2. The van der Waals surface area contributed by atoms with Gasteiger partial charge in [0.15, 0.2) is 0 Å². The summed E-state index contributed by atoms with van der Waals surface area (Å²) in [6, 6.07) is 14.7. The molecule has 1 saturated heterocycles. The van der Waals surface area contributed by atoms with Gasteiger partial charge in [0.2, 0.25) is 5.91 Å². The van der Waals surface area contributed by atoms with Gasteiger partial charge in [0.05, 0.1) is 22.6 Å². The summed E-state index contributed by atoms with van der Waals surface area (Å²) in [5.74, 6) is -0.429. The maximum absolute atomic E-state index is 12.5. The lowest BCUT2D eigenvalue weighted by atomic mass is 10.0. The molecule has 0 aromatic heterocycles. The molecule has 0 spiro atoms. The second-order valence-corrected chi connectivity index (χ2v) is 6.78. The van der Waals surface area contributed by atoms with Gasteiger partial charge in [-0.05, 0) is 36.6 Å². The van der Waals surface area contributed by atoms with Crippen LogP contribution in [0.3, 0.4) is 0 Å². The zero-order valence-electron chi connectivity index (χ0n) is 13.5. The number of benzene rings is 2. The van der Waals surface area contributed by atoms with Gasteiger partial charge < -0.3 is 10.2 Å². The lowest BCUT2D eigenvalue weighted by Gasteiger charge is -2.25. The van der Waals surface area contributed by atoms with E-state index in [0.29, 0.717) is 22.2 Å². The van der Waals surface area contributed by atoms with Gasteiger partial charge in [0.1, 0.15) is 0 Å². The van der Waals surface area contributed by atoms with Gasteiger partial charge in [0.25, 0.3) is 5.91 Å². The fourth-order valence-corrected chi connectivity index (χ4v) is 3.38. The Morgan fingerprint density at radius 1 is 1.08 bits per heavy atom. The van der Waals surface area contributed by atoms with E-state index in [2.05, 4.69) is 5.32 Å². The Bertz CT molecular complexity index is 780. The molecule has 2 aromatic carbocycles. The van der Waals surface area contributed by atoms with Crippen molar-refractivity contribution in [2.45, 2.75) is 18.9 Å². The highest BCUT2D eigenvalue weighted by Crippen LogP contribution is 2.31. The molecule has 0 aliphatic carbocycles. The lowest BCUT2D eigenvalue weighted by Crippen LogP contribution is -2.39. The maximum Gasteiger partial charge on any atom is 0.251 e. The van der Waals surface area contributed by atoms with Crippen molar-refractivity contribution in [3.8, 4) is 0 Å². The highest BCUT2D eigenvalue weighted by molar-refractivity contribution is 6.42. The lowest BCUT2D eigenvalue weighted by molar-refractivity contribution is -0.131. The smallest absolute Gasteiger partial charge is 0.251 e. The van der Waals surface area contributed by atoms with E-state index in [1.807, 2.05) is 35.2 Å². The van der Waals surface area contributed by atoms with Crippen LogP contribution in [-0.2, 0) is 4.79 Å². The number of hydrogen-bond donors (Lipinski definition) is 1. The van der Waals surface area contributed by atoms with Crippen LogP contribution in [0, 0.1) is 0 Å². The predicted molar refractivity (Wildman–Crippen MR) is 98.9 cm³/mol. The van der Waals surface area contributed by atoms with Crippen LogP contribution in [0.2, 0.25) is 10.0 Å². The quantitative estimate of drug-likeness (QED) is 0.873. The van der Waals surface area contributed by atoms with E-state index < -0.39 is 0 Å². The topological polar surface area (TPSA) is 49.4 Å². The number of amides is 2. The molecule has 3 rings (SSSR count). The summed E-state index contributed by atoms with van der Waals surface area (Å²) in [5, 5.41) is 3.36. The van der Waals surface area contributed by atoms with Gasteiger partial charge in [-0.2, -0.15) is 0 Å². The Balaban J connectivity index is 1.62. The molecule has 6 heteroatoms. The molecule has 0 bridgehead atoms. The van der Waals surface area contributed by atoms with E-state index in [-0.39, 0.29) is 24.4 Å². The van der Waals surface area contributed by atoms with E-state index in [1.165, 1.54) is 6.07 Å². The van der Waals surface area contributed by atoms with Crippen LogP contribution >= 0.6 is 23.2 Å². The van der Waals surface area contributed by atoms with Crippen molar-refractivity contribution < 1.29 is 9.59 Å². The molecule has 1 N–H and O–H groups in total. The maximum atomic E-state index is 12.5. The molecule has 0 saturated carbocycles. The van der Waals surface area contributed by atoms with Gasteiger partial charge >= 0.3 is 0 Å². The van der Waals surface area contributed by atoms with E-state index >= 15 is 0 Å². The zero-order chi connectivity index (χ0) is 17.8. The van der Waals surface area contributed by atoms with Gasteiger partial charge in [-0.1, -0.05) is 53.5 Å². The molecule has 25 heavy (non-hydrogen) atoms. The van der Waals surface area contributed by atoms with E-state index in [1.54, 1.807) is 12.1 Å². The Hall–Kier alpha value is -2.04. The Morgan fingerprint density at radius 3 is 2.56 bits per heavy atom. The molecule has 2 aromatic rings. The van der Waals surface area contributed by atoms with Crippen LogP contribution in [0.1, 0.15) is 34.8 Å². The van der Waals surface area contributed by atoms with Gasteiger partial charge in [0, 0.05) is 12.1 Å². The number of rotatable bonds is 4. The van der Waals surface area contributed by atoms with Crippen molar-refractivity contribution >= 4 is 35.0 Å². The van der Waals surface area contributed by atoms with Gasteiger partial charge in [-0.3, -0.25) is 9.59 Å². The van der Waals surface area contributed by atoms with Crippen molar-refractivity contribution in [1.29, 1.82) is 0 Å². The van der Waals surface area contributed by atoms with Crippen LogP contribution in [0.15, 0.2) is 48.5 Å². The second kappa shape index (κ2) is 7.89. The average molecular weight is 377 g/mol. The first-order valence-electron chi connectivity index (χ1n) is 8.14. The predicted octanol–water partition coefficient (Wildman–Crippen LogP) is 4.09. The third-order valence-corrected chi connectivity index (χ3v) is 5.08. The first kappa shape index (κ1) is 17.8. The third-order valence-electron chi connectivity index (χ3n) is 4.34. The minimum absolute atomic E-state index is 0.0393. The Kier molecular flexibility index (Phi) is 5.61. The number of nitrogens with zero attached hydrogens (tertiary/aromatic N) is 1. The molecule has 1 fully saturated rings. The van der Waals surface area contributed by atoms with Crippen molar-refractivity contribution in [3.63, 3.8) is 0 Å². The van der Waals surface area contributed by atoms with Crippen molar-refractivity contribution in [2.24, 2.45) is 0 Å². The number of likely N-dealkylation sites (tertiary alicyclic amines) is 1. The fourth-order valence-electron chi connectivity index (χ4n) is 3.08. The molecular formula is C19H18Cl2N2O2. The Morgan fingerprint density at radius 2 is 1.84 bits per heavy atom. The molecule has 1 heterocycles. The van der Waals surface area contributed by atoms with Crippen LogP contribution in [0.5, 0.6) is 0 Å². The third kappa shape index (κ3) is 4.14. The summed E-state index contributed by atoms with van der Waals surface area (Å²) < 4.78 is 0. The second-order valence-electron chi connectivity index (χ2n) is 5.97. The van der Waals surface area contributed by atoms with Crippen LogP contribution < -0.4 is 5.32 Å². The van der Waals surface area contributed by atoms with E-state index in [9.17, 15) is 9.59 Å². The van der Waals surface area contributed by atoms with E-state index in [4.69, 9.17) is 23.2 Å². The first-order valence-corrected chi connectivity index (χ1v) is 8.89. The molecule has 2 amide bonds. The fraction of sp³-hybridized carbons (Fsp3) is 0.263. The normalized spacial score (nSPS) is 16.7. The molecule has 1 atom stereocenters. The zero-order valence-corrected chi connectivity index (χ0v) is 15.1. The highest BCUT2D eigenvalue weighted by Gasteiger charge is 2.29. The molecule has 1 aliphatic rings. The minimum atomic E-state index is -0.345. The number of carbonyl (C=O) groups excluding carboxylic acids is 2. The average Bonchev–Trinajstić information content (AvgIpc) is 3.12.